The van der Waals surface area contributed by atoms with Crippen molar-refractivity contribution >= 4 is 16.9 Å². The highest BCUT2D eigenvalue weighted by Gasteiger charge is 2.40. The van der Waals surface area contributed by atoms with Gasteiger partial charge in [-0.15, -0.1) is 0 Å². The van der Waals surface area contributed by atoms with E-state index in [1.54, 1.807) is 0 Å². The Balaban J connectivity index is 2.35. The van der Waals surface area contributed by atoms with Gasteiger partial charge in [0.25, 0.3) is 0 Å². The number of hydrogen-bond donors (Lipinski definition) is 1. The van der Waals surface area contributed by atoms with Crippen LogP contribution in [0.2, 0.25) is 0 Å². The third kappa shape index (κ3) is 3.36. The van der Waals surface area contributed by atoms with Crippen LogP contribution in [0.4, 0.5) is 17.6 Å². The molecule has 1 rings (SSSR count). The molecule has 0 amide bonds. The van der Waals surface area contributed by atoms with Gasteiger partial charge in [0, 0.05) is 12.3 Å². The lowest BCUT2D eigenvalue weighted by Crippen LogP contribution is -2.41. The van der Waals surface area contributed by atoms with Gasteiger partial charge in [-0.1, -0.05) is 11.8 Å². The fraction of sp³-hybridized carbons (Fsp3) is 0.857. The van der Waals surface area contributed by atoms with Gasteiger partial charge < -0.3 is 5.32 Å². The molecule has 2 nitrogen and oxygen atoms in total. The molecule has 1 aliphatic heterocycles. The first-order valence-corrected chi connectivity index (χ1v) is 5.08. The van der Waals surface area contributed by atoms with Crippen LogP contribution in [0.1, 0.15) is 6.42 Å². The number of halogens is 4. The average molecular weight is 230 g/mol. The van der Waals surface area contributed by atoms with Gasteiger partial charge in [-0.05, 0) is 6.42 Å². The van der Waals surface area contributed by atoms with Crippen LogP contribution in [-0.2, 0) is 0 Å². The molecule has 1 N–H and O–H groups in total. The van der Waals surface area contributed by atoms with E-state index in [1.807, 2.05) is 0 Å². The van der Waals surface area contributed by atoms with E-state index in [2.05, 4.69) is 10.3 Å². The standard InChI is InChI=1S/C7H10F4N2S/c8-5(9)7(10,11)4-13-6-12-2-1-3-14-6/h5H,1-4H2,(H,12,13). The van der Waals surface area contributed by atoms with Gasteiger partial charge in [0.05, 0.1) is 6.54 Å². The van der Waals surface area contributed by atoms with Crippen molar-refractivity contribution < 1.29 is 17.6 Å². The number of aliphatic imine (C=N–C) groups is 1. The van der Waals surface area contributed by atoms with Crippen LogP contribution >= 0.6 is 11.8 Å². The molecule has 0 unspecified atom stereocenters. The van der Waals surface area contributed by atoms with Crippen molar-refractivity contribution in [1.29, 1.82) is 0 Å². The van der Waals surface area contributed by atoms with Crippen molar-refractivity contribution in [1.82, 2.24) is 5.32 Å². The quantitative estimate of drug-likeness (QED) is 0.749. The van der Waals surface area contributed by atoms with E-state index in [-0.39, 0.29) is 0 Å². The number of amidine groups is 1. The van der Waals surface area contributed by atoms with Gasteiger partial charge in [0.15, 0.2) is 5.17 Å². The van der Waals surface area contributed by atoms with Crippen molar-refractivity contribution in [3.05, 3.63) is 0 Å². The fourth-order valence-corrected chi connectivity index (χ4v) is 1.66. The molecule has 0 saturated heterocycles. The molecule has 0 spiro atoms. The maximum atomic E-state index is 12.4. The number of alkyl halides is 4. The highest BCUT2D eigenvalue weighted by atomic mass is 32.2. The van der Waals surface area contributed by atoms with Gasteiger partial charge in [0.2, 0.25) is 0 Å². The van der Waals surface area contributed by atoms with Gasteiger partial charge in [0.1, 0.15) is 0 Å². The van der Waals surface area contributed by atoms with E-state index in [0.717, 1.165) is 12.2 Å². The lowest BCUT2D eigenvalue weighted by molar-refractivity contribution is -0.122. The normalized spacial score (nSPS) is 18.2. The maximum absolute atomic E-state index is 12.4. The molecular formula is C7H10F4N2S. The summed E-state index contributed by atoms with van der Waals surface area (Å²) in [6, 6.07) is 0. The molecule has 7 heteroatoms. The zero-order valence-corrected chi connectivity index (χ0v) is 8.09. The Kier molecular flexibility index (Phi) is 4.03. The van der Waals surface area contributed by atoms with Crippen LogP contribution < -0.4 is 5.32 Å². The largest absolute Gasteiger partial charge is 0.359 e. The number of rotatable bonds is 3. The molecule has 0 aromatic rings. The second-order valence-electron chi connectivity index (χ2n) is 2.80. The summed E-state index contributed by atoms with van der Waals surface area (Å²) in [4.78, 5) is 3.88. The predicted octanol–water partition coefficient (Wildman–Crippen LogP) is 1.97. The van der Waals surface area contributed by atoms with E-state index in [4.69, 9.17) is 0 Å². The molecule has 1 aliphatic rings. The second kappa shape index (κ2) is 4.86. The Bertz CT molecular complexity index is 220. The first-order valence-electron chi connectivity index (χ1n) is 4.09. The number of thioether (sulfide) groups is 1. The molecule has 1 heterocycles. The minimum Gasteiger partial charge on any atom is -0.359 e. The Morgan fingerprint density at radius 1 is 1.50 bits per heavy atom. The number of hydrogen-bond acceptors (Lipinski definition) is 3. The van der Waals surface area contributed by atoms with Gasteiger partial charge in [-0.3, -0.25) is 4.99 Å². The van der Waals surface area contributed by atoms with Crippen molar-refractivity contribution in [2.24, 2.45) is 4.99 Å². The summed E-state index contributed by atoms with van der Waals surface area (Å²) < 4.78 is 48.3. The first kappa shape index (κ1) is 11.6. The highest BCUT2D eigenvalue weighted by molar-refractivity contribution is 8.13. The lowest BCUT2D eigenvalue weighted by atomic mass is 10.3. The topological polar surface area (TPSA) is 24.4 Å². The summed E-state index contributed by atoms with van der Waals surface area (Å²) >= 11 is 1.28. The summed E-state index contributed by atoms with van der Waals surface area (Å²) in [6.45, 7) is -0.494. The second-order valence-corrected chi connectivity index (χ2v) is 3.89. The zero-order chi connectivity index (χ0) is 10.6. The van der Waals surface area contributed by atoms with E-state index < -0.39 is 18.9 Å². The molecule has 0 fully saturated rings. The van der Waals surface area contributed by atoms with Crippen molar-refractivity contribution in [3.63, 3.8) is 0 Å². The van der Waals surface area contributed by atoms with E-state index in [9.17, 15) is 17.6 Å². The summed E-state index contributed by atoms with van der Waals surface area (Å²) in [5.41, 5.74) is 0. The Morgan fingerprint density at radius 2 is 2.21 bits per heavy atom. The number of nitrogens with one attached hydrogen (secondary N) is 1. The van der Waals surface area contributed by atoms with Crippen LogP contribution in [0.25, 0.3) is 0 Å². The molecule has 0 bridgehead atoms. The SMILES string of the molecule is FC(F)C(F)(F)CNC1=NCCCS1. The van der Waals surface area contributed by atoms with Crippen LogP contribution in [0.15, 0.2) is 4.99 Å². The maximum Gasteiger partial charge on any atom is 0.324 e. The highest BCUT2D eigenvalue weighted by Crippen LogP contribution is 2.22. The summed E-state index contributed by atoms with van der Waals surface area (Å²) in [5.74, 6) is -3.20. The molecule has 0 radical (unpaired) electrons. The summed E-state index contributed by atoms with van der Waals surface area (Å²) in [5, 5.41) is 2.56. The van der Waals surface area contributed by atoms with Gasteiger partial charge >= 0.3 is 12.3 Å². The Morgan fingerprint density at radius 3 is 2.71 bits per heavy atom. The summed E-state index contributed by atoms with van der Waals surface area (Å²) in [6.07, 6.45) is -2.75. The third-order valence-electron chi connectivity index (χ3n) is 1.59. The molecule has 14 heavy (non-hydrogen) atoms. The van der Waals surface area contributed by atoms with E-state index in [0.29, 0.717) is 11.7 Å². The van der Waals surface area contributed by atoms with Crippen molar-refractivity contribution in [2.45, 2.75) is 18.8 Å². The van der Waals surface area contributed by atoms with Gasteiger partial charge in [-0.25, -0.2) is 8.78 Å². The number of nitrogens with zero attached hydrogens (tertiary/aromatic N) is 1. The minimum absolute atomic E-state index is 0.330. The Labute approximate surface area is 83.2 Å². The van der Waals surface area contributed by atoms with Crippen molar-refractivity contribution in [2.75, 3.05) is 18.8 Å². The van der Waals surface area contributed by atoms with Crippen LogP contribution in [-0.4, -0.2) is 36.4 Å². The summed E-state index contributed by atoms with van der Waals surface area (Å²) in [7, 11) is 0. The molecule has 0 aliphatic carbocycles. The smallest absolute Gasteiger partial charge is 0.324 e. The molecular weight excluding hydrogens is 220 g/mol. The third-order valence-corrected chi connectivity index (χ3v) is 2.63. The van der Waals surface area contributed by atoms with Crippen LogP contribution in [0.5, 0.6) is 0 Å². The Hall–Kier alpha value is -0.460. The van der Waals surface area contributed by atoms with E-state index >= 15 is 0 Å². The fourth-order valence-electron chi connectivity index (χ4n) is 0.837. The molecule has 0 atom stereocenters. The van der Waals surface area contributed by atoms with Gasteiger partial charge in [-0.2, -0.15) is 8.78 Å². The zero-order valence-electron chi connectivity index (χ0n) is 7.27. The predicted molar refractivity (Wildman–Crippen MR) is 48.3 cm³/mol. The van der Waals surface area contributed by atoms with Crippen LogP contribution in [0, 0.1) is 0 Å². The van der Waals surface area contributed by atoms with Crippen molar-refractivity contribution in [3.8, 4) is 0 Å². The minimum atomic E-state index is -3.99. The average Bonchev–Trinajstić information content (AvgIpc) is 2.16. The molecule has 82 valence electrons. The first-order chi connectivity index (χ1) is 6.52. The van der Waals surface area contributed by atoms with E-state index in [1.165, 1.54) is 11.8 Å². The molecule has 0 aromatic carbocycles. The molecule has 0 saturated carbocycles. The monoisotopic (exact) mass is 230 g/mol. The molecule has 0 aromatic heterocycles. The van der Waals surface area contributed by atoms with Crippen LogP contribution in [0.3, 0.4) is 0 Å². The lowest BCUT2D eigenvalue weighted by Gasteiger charge is -2.18.